The molecule has 0 unspecified atom stereocenters. The lowest BCUT2D eigenvalue weighted by Gasteiger charge is -2.10. The lowest BCUT2D eigenvalue weighted by Crippen LogP contribution is -2.23. The molecule has 1 amide bonds. The Hall–Kier alpha value is -2.43. The topological polar surface area (TPSA) is 55.1 Å². The van der Waals surface area contributed by atoms with Gasteiger partial charge in [0.2, 0.25) is 0 Å². The molecule has 0 fully saturated rings. The number of anilines is 1. The van der Waals surface area contributed by atoms with Crippen LogP contribution in [0.3, 0.4) is 0 Å². The predicted octanol–water partition coefficient (Wildman–Crippen LogP) is 2.79. The molecule has 0 spiro atoms. The number of nitrogens with one attached hydrogen (secondary N) is 1. The van der Waals surface area contributed by atoms with Crippen LogP contribution >= 0.6 is 0 Å². The van der Waals surface area contributed by atoms with Crippen LogP contribution in [0.4, 0.5) is 14.5 Å². The fourth-order valence-corrected chi connectivity index (χ4v) is 1.81. The number of amides is 1. The van der Waals surface area contributed by atoms with Crippen LogP contribution in [-0.2, 0) is 6.54 Å². The van der Waals surface area contributed by atoms with Gasteiger partial charge < -0.3 is 11.1 Å². The normalized spacial score (nSPS) is 10.3. The van der Waals surface area contributed by atoms with E-state index in [9.17, 15) is 13.6 Å². The van der Waals surface area contributed by atoms with E-state index in [4.69, 9.17) is 5.73 Å². The molecule has 0 aromatic heterocycles. The van der Waals surface area contributed by atoms with E-state index in [0.29, 0.717) is 5.69 Å². The second-order valence-corrected chi connectivity index (χ2v) is 4.44. The van der Waals surface area contributed by atoms with E-state index in [0.717, 1.165) is 23.3 Å². The van der Waals surface area contributed by atoms with Gasteiger partial charge in [0.25, 0.3) is 5.91 Å². The highest BCUT2D eigenvalue weighted by Gasteiger charge is 2.10. The Morgan fingerprint density at radius 1 is 1.20 bits per heavy atom. The van der Waals surface area contributed by atoms with E-state index >= 15 is 0 Å². The second-order valence-electron chi connectivity index (χ2n) is 4.44. The summed E-state index contributed by atoms with van der Waals surface area (Å²) in [5, 5.41) is 2.65. The minimum atomic E-state index is -1.04. The SMILES string of the molecule is Cc1c(N)cccc1CNC(=O)c1ccc(F)c(F)c1. The summed E-state index contributed by atoms with van der Waals surface area (Å²) in [5.41, 5.74) is 8.25. The highest BCUT2D eigenvalue weighted by molar-refractivity contribution is 5.94. The first-order valence-corrected chi connectivity index (χ1v) is 6.06. The van der Waals surface area contributed by atoms with Crippen LogP contribution in [0.25, 0.3) is 0 Å². The number of halogens is 2. The molecule has 3 nitrogen and oxygen atoms in total. The number of benzene rings is 2. The van der Waals surface area contributed by atoms with Crippen LogP contribution in [-0.4, -0.2) is 5.91 Å². The summed E-state index contributed by atoms with van der Waals surface area (Å²) in [6.45, 7) is 2.13. The Morgan fingerprint density at radius 2 is 1.95 bits per heavy atom. The molecule has 2 aromatic rings. The molecule has 0 saturated carbocycles. The number of carbonyl (C=O) groups is 1. The number of nitrogen functional groups attached to an aromatic ring is 1. The van der Waals surface area contributed by atoms with Gasteiger partial charge in [-0.05, 0) is 42.3 Å². The first-order chi connectivity index (χ1) is 9.49. The molecule has 2 rings (SSSR count). The van der Waals surface area contributed by atoms with Crippen molar-refractivity contribution in [1.29, 1.82) is 0 Å². The summed E-state index contributed by atoms with van der Waals surface area (Å²) in [6.07, 6.45) is 0. The van der Waals surface area contributed by atoms with Crippen LogP contribution in [0, 0.1) is 18.6 Å². The number of hydrogen-bond donors (Lipinski definition) is 2. The Labute approximate surface area is 115 Å². The second kappa shape index (κ2) is 5.69. The highest BCUT2D eigenvalue weighted by atomic mass is 19.2. The van der Waals surface area contributed by atoms with Gasteiger partial charge in [-0.15, -0.1) is 0 Å². The molecule has 0 aliphatic rings. The van der Waals surface area contributed by atoms with Gasteiger partial charge in [0, 0.05) is 17.8 Å². The largest absolute Gasteiger partial charge is 0.399 e. The predicted molar refractivity (Wildman–Crippen MR) is 73.1 cm³/mol. The number of rotatable bonds is 3. The van der Waals surface area contributed by atoms with E-state index < -0.39 is 17.5 Å². The van der Waals surface area contributed by atoms with Gasteiger partial charge in [0.05, 0.1) is 0 Å². The van der Waals surface area contributed by atoms with Crippen LogP contribution < -0.4 is 11.1 Å². The summed E-state index contributed by atoms with van der Waals surface area (Å²) >= 11 is 0. The van der Waals surface area contributed by atoms with Crippen molar-refractivity contribution in [3.8, 4) is 0 Å². The van der Waals surface area contributed by atoms with Gasteiger partial charge in [0.1, 0.15) is 0 Å². The van der Waals surface area contributed by atoms with Crippen LogP contribution in [0.2, 0.25) is 0 Å². The Morgan fingerprint density at radius 3 is 2.65 bits per heavy atom. The first-order valence-electron chi connectivity index (χ1n) is 6.06. The van der Waals surface area contributed by atoms with Gasteiger partial charge in [0.15, 0.2) is 11.6 Å². The summed E-state index contributed by atoms with van der Waals surface area (Å²) in [6, 6.07) is 8.45. The molecule has 0 radical (unpaired) electrons. The first kappa shape index (κ1) is 14.0. The highest BCUT2D eigenvalue weighted by Crippen LogP contribution is 2.15. The summed E-state index contributed by atoms with van der Waals surface area (Å²) in [5.74, 6) is -2.49. The Balaban J connectivity index is 2.08. The van der Waals surface area contributed by atoms with Gasteiger partial charge >= 0.3 is 0 Å². The molecule has 5 heteroatoms. The van der Waals surface area contributed by atoms with E-state index in [1.807, 2.05) is 13.0 Å². The lowest BCUT2D eigenvalue weighted by molar-refractivity contribution is 0.0950. The average Bonchev–Trinajstić information content (AvgIpc) is 2.43. The van der Waals surface area contributed by atoms with Crippen LogP contribution in [0.5, 0.6) is 0 Å². The molecule has 0 atom stereocenters. The summed E-state index contributed by atoms with van der Waals surface area (Å²) < 4.78 is 25.8. The number of carbonyl (C=O) groups excluding carboxylic acids is 1. The van der Waals surface area contributed by atoms with E-state index in [1.165, 1.54) is 6.07 Å². The average molecular weight is 276 g/mol. The van der Waals surface area contributed by atoms with Gasteiger partial charge in [-0.1, -0.05) is 12.1 Å². The molecule has 0 heterocycles. The molecule has 0 bridgehead atoms. The fraction of sp³-hybridized carbons (Fsp3) is 0.133. The maximum absolute atomic E-state index is 13.0. The quantitative estimate of drug-likeness (QED) is 0.847. The molecular weight excluding hydrogens is 262 g/mol. The molecule has 3 N–H and O–H groups in total. The Kier molecular flexibility index (Phi) is 3.98. The number of hydrogen-bond acceptors (Lipinski definition) is 2. The number of nitrogens with two attached hydrogens (primary N) is 1. The summed E-state index contributed by atoms with van der Waals surface area (Å²) in [7, 11) is 0. The zero-order chi connectivity index (χ0) is 14.7. The minimum Gasteiger partial charge on any atom is -0.399 e. The standard InChI is InChI=1S/C15H14F2N2O/c1-9-11(3-2-4-14(9)18)8-19-15(20)10-5-6-12(16)13(17)7-10/h2-7H,8,18H2,1H3,(H,19,20). The van der Waals surface area contributed by atoms with Crippen LogP contribution in [0.15, 0.2) is 36.4 Å². The molecule has 0 aliphatic heterocycles. The van der Waals surface area contributed by atoms with Crippen molar-refractivity contribution < 1.29 is 13.6 Å². The van der Waals surface area contributed by atoms with Crippen molar-refractivity contribution >= 4 is 11.6 Å². The molecular formula is C15H14F2N2O. The van der Waals surface area contributed by atoms with Crippen molar-refractivity contribution in [2.45, 2.75) is 13.5 Å². The van der Waals surface area contributed by atoms with E-state index in [1.54, 1.807) is 12.1 Å². The van der Waals surface area contributed by atoms with E-state index in [2.05, 4.69) is 5.32 Å². The third-order valence-corrected chi connectivity index (χ3v) is 3.11. The zero-order valence-corrected chi connectivity index (χ0v) is 10.9. The summed E-state index contributed by atoms with van der Waals surface area (Å²) in [4.78, 5) is 11.8. The smallest absolute Gasteiger partial charge is 0.251 e. The molecule has 20 heavy (non-hydrogen) atoms. The molecule has 104 valence electrons. The van der Waals surface area contributed by atoms with Crippen molar-refractivity contribution in [2.24, 2.45) is 0 Å². The fourth-order valence-electron chi connectivity index (χ4n) is 1.81. The zero-order valence-electron chi connectivity index (χ0n) is 10.9. The van der Waals surface area contributed by atoms with Crippen molar-refractivity contribution in [3.63, 3.8) is 0 Å². The van der Waals surface area contributed by atoms with Gasteiger partial charge in [-0.2, -0.15) is 0 Å². The van der Waals surface area contributed by atoms with Crippen molar-refractivity contribution in [1.82, 2.24) is 5.32 Å². The van der Waals surface area contributed by atoms with E-state index in [-0.39, 0.29) is 12.1 Å². The Bertz CT molecular complexity index is 656. The molecule has 0 aliphatic carbocycles. The lowest BCUT2D eigenvalue weighted by atomic mass is 10.1. The molecule has 0 saturated heterocycles. The minimum absolute atomic E-state index is 0.0745. The van der Waals surface area contributed by atoms with Gasteiger partial charge in [-0.3, -0.25) is 4.79 Å². The third-order valence-electron chi connectivity index (χ3n) is 3.11. The monoisotopic (exact) mass is 276 g/mol. The maximum Gasteiger partial charge on any atom is 0.251 e. The maximum atomic E-state index is 13.0. The third kappa shape index (κ3) is 2.93. The van der Waals surface area contributed by atoms with Crippen molar-refractivity contribution in [3.05, 3.63) is 64.7 Å². The van der Waals surface area contributed by atoms with Crippen molar-refractivity contribution in [2.75, 3.05) is 5.73 Å². The van der Waals surface area contributed by atoms with Gasteiger partial charge in [-0.25, -0.2) is 8.78 Å². The molecule has 2 aromatic carbocycles. The van der Waals surface area contributed by atoms with Crippen LogP contribution in [0.1, 0.15) is 21.5 Å².